The molecule has 20 heavy (non-hydrogen) atoms. The second kappa shape index (κ2) is 5.67. The number of aromatic nitrogens is 2. The molecule has 0 spiro atoms. The van der Waals surface area contributed by atoms with Gasteiger partial charge in [-0.25, -0.2) is 0 Å². The Labute approximate surface area is 123 Å². The molecule has 106 valence electrons. The molecule has 0 aliphatic carbocycles. The van der Waals surface area contributed by atoms with Crippen molar-refractivity contribution in [2.75, 3.05) is 0 Å². The number of ether oxygens (including phenoxy) is 1. The summed E-state index contributed by atoms with van der Waals surface area (Å²) in [6.07, 6.45) is 1.91. The van der Waals surface area contributed by atoms with Crippen LogP contribution in [-0.4, -0.2) is 15.8 Å². The van der Waals surface area contributed by atoms with Gasteiger partial charge in [0.25, 0.3) is 0 Å². The average Bonchev–Trinajstić information content (AvgIpc) is 2.78. The Morgan fingerprint density at radius 3 is 2.55 bits per heavy atom. The molecule has 0 saturated heterocycles. The highest BCUT2D eigenvalue weighted by Crippen LogP contribution is 2.22. The number of ketones is 1. The van der Waals surface area contributed by atoms with Crippen molar-refractivity contribution in [3.05, 3.63) is 41.3 Å². The number of carbonyl (C=O) groups is 1. The van der Waals surface area contributed by atoms with E-state index in [4.69, 9.17) is 16.3 Å². The van der Waals surface area contributed by atoms with Crippen LogP contribution < -0.4 is 4.74 Å². The average molecular weight is 293 g/mol. The van der Waals surface area contributed by atoms with Gasteiger partial charge in [-0.3, -0.25) is 4.79 Å². The summed E-state index contributed by atoms with van der Waals surface area (Å²) in [5, 5.41) is 0.649. The number of rotatable bonds is 4. The molecule has 0 bridgehead atoms. The summed E-state index contributed by atoms with van der Waals surface area (Å²) >= 11 is 5.80. The molecule has 2 rings (SSSR count). The number of Topliss-reactive ketones (excluding diaryl/α,β-unsaturated/α-hetero) is 1. The Morgan fingerprint density at radius 2 is 1.95 bits per heavy atom. The summed E-state index contributed by atoms with van der Waals surface area (Å²) in [4.78, 5) is 19.1. The molecule has 0 radical (unpaired) electrons. The van der Waals surface area contributed by atoms with Crippen LogP contribution in [0.15, 0.2) is 30.5 Å². The summed E-state index contributed by atoms with van der Waals surface area (Å²) in [5.74, 6) is 1.82. The smallest absolute Gasteiger partial charge is 0.237 e. The first-order valence-electron chi connectivity index (χ1n) is 6.35. The van der Waals surface area contributed by atoms with Gasteiger partial charge in [0.05, 0.1) is 12.6 Å². The van der Waals surface area contributed by atoms with E-state index in [1.165, 1.54) is 0 Å². The number of hydrogen-bond donors (Lipinski definition) is 1. The number of aromatic amines is 1. The molecule has 1 N–H and O–H groups in total. The van der Waals surface area contributed by atoms with Crippen molar-refractivity contribution >= 4 is 17.4 Å². The zero-order valence-electron chi connectivity index (χ0n) is 11.7. The SMILES string of the molecule is CC(C)(C)C(=O)Cc1nc(Oc2ccc(Cl)cc2)c[nH]1. The molecule has 1 aromatic heterocycles. The van der Waals surface area contributed by atoms with Crippen LogP contribution in [-0.2, 0) is 11.2 Å². The first-order valence-corrected chi connectivity index (χ1v) is 6.73. The van der Waals surface area contributed by atoms with Crippen molar-refractivity contribution in [3.8, 4) is 11.6 Å². The van der Waals surface area contributed by atoms with Crippen molar-refractivity contribution in [3.63, 3.8) is 0 Å². The molecule has 1 heterocycles. The van der Waals surface area contributed by atoms with Gasteiger partial charge in [0, 0.05) is 10.4 Å². The van der Waals surface area contributed by atoms with E-state index in [9.17, 15) is 4.79 Å². The highest BCUT2D eigenvalue weighted by Gasteiger charge is 2.22. The van der Waals surface area contributed by atoms with E-state index in [0.717, 1.165) is 0 Å². The Bertz CT molecular complexity index is 597. The van der Waals surface area contributed by atoms with Gasteiger partial charge in [-0.05, 0) is 24.3 Å². The van der Waals surface area contributed by atoms with Gasteiger partial charge < -0.3 is 9.72 Å². The first-order chi connectivity index (χ1) is 9.34. The summed E-state index contributed by atoms with van der Waals surface area (Å²) in [7, 11) is 0. The minimum atomic E-state index is -0.371. The van der Waals surface area contributed by atoms with Crippen molar-refractivity contribution in [1.82, 2.24) is 9.97 Å². The molecule has 5 heteroatoms. The quantitative estimate of drug-likeness (QED) is 0.926. The third-order valence-electron chi connectivity index (χ3n) is 2.81. The van der Waals surface area contributed by atoms with Crippen molar-refractivity contribution in [2.24, 2.45) is 5.41 Å². The van der Waals surface area contributed by atoms with Crippen LogP contribution in [0.5, 0.6) is 11.6 Å². The van der Waals surface area contributed by atoms with Crippen LogP contribution >= 0.6 is 11.6 Å². The molecule has 0 amide bonds. The topological polar surface area (TPSA) is 55.0 Å². The number of nitrogens with one attached hydrogen (secondary N) is 1. The molecule has 0 aliphatic heterocycles. The molecule has 2 aromatic rings. The number of H-pyrrole nitrogens is 1. The predicted molar refractivity (Wildman–Crippen MR) is 78.3 cm³/mol. The lowest BCUT2D eigenvalue weighted by Gasteiger charge is -2.15. The fourth-order valence-corrected chi connectivity index (χ4v) is 1.65. The lowest BCUT2D eigenvalue weighted by molar-refractivity contribution is -0.125. The minimum Gasteiger partial charge on any atom is -0.438 e. The van der Waals surface area contributed by atoms with E-state index in [1.54, 1.807) is 30.5 Å². The van der Waals surface area contributed by atoms with E-state index in [2.05, 4.69) is 9.97 Å². The van der Waals surface area contributed by atoms with E-state index in [-0.39, 0.29) is 17.6 Å². The second-order valence-electron chi connectivity index (χ2n) is 5.59. The standard InChI is InChI=1S/C15H17ClN2O2/c1-15(2,3)12(19)8-13-17-9-14(18-13)20-11-6-4-10(16)5-7-11/h4-7,9H,8H2,1-3H3,(H,17,18). The van der Waals surface area contributed by atoms with Gasteiger partial charge in [-0.15, -0.1) is 0 Å². The Hall–Kier alpha value is -1.81. The third kappa shape index (κ3) is 3.84. The molecular weight excluding hydrogens is 276 g/mol. The van der Waals surface area contributed by atoms with E-state index < -0.39 is 0 Å². The summed E-state index contributed by atoms with van der Waals surface area (Å²) < 4.78 is 5.57. The largest absolute Gasteiger partial charge is 0.438 e. The number of carbonyl (C=O) groups excluding carboxylic acids is 1. The van der Waals surface area contributed by atoms with Crippen LogP contribution in [0.1, 0.15) is 26.6 Å². The maximum atomic E-state index is 11.9. The fraction of sp³-hybridized carbons (Fsp3) is 0.333. The van der Waals surface area contributed by atoms with E-state index in [1.807, 2.05) is 20.8 Å². The fourth-order valence-electron chi connectivity index (χ4n) is 1.53. The molecule has 1 aromatic carbocycles. The van der Waals surface area contributed by atoms with E-state index in [0.29, 0.717) is 22.5 Å². The molecule has 0 aliphatic rings. The molecule has 0 atom stereocenters. The summed E-state index contributed by atoms with van der Waals surface area (Å²) in [6.45, 7) is 5.68. The van der Waals surface area contributed by atoms with Crippen molar-refractivity contribution < 1.29 is 9.53 Å². The highest BCUT2D eigenvalue weighted by atomic mass is 35.5. The first kappa shape index (κ1) is 14.6. The van der Waals surface area contributed by atoms with Gasteiger partial charge in [0.2, 0.25) is 5.88 Å². The number of nitrogens with zero attached hydrogens (tertiary/aromatic N) is 1. The number of hydrogen-bond acceptors (Lipinski definition) is 3. The lowest BCUT2D eigenvalue weighted by atomic mass is 9.89. The number of benzene rings is 1. The normalized spacial score (nSPS) is 11.4. The second-order valence-corrected chi connectivity index (χ2v) is 6.03. The van der Waals surface area contributed by atoms with Crippen molar-refractivity contribution in [1.29, 1.82) is 0 Å². The zero-order chi connectivity index (χ0) is 14.8. The Balaban J connectivity index is 2.02. The maximum absolute atomic E-state index is 11.9. The molecule has 0 saturated carbocycles. The molecule has 0 fully saturated rings. The van der Waals surface area contributed by atoms with Crippen LogP contribution in [0.25, 0.3) is 0 Å². The summed E-state index contributed by atoms with van der Waals surface area (Å²) in [6, 6.07) is 7.01. The van der Waals surface area contributed by atoms with Gasteiger partial charge in [-0.2, -0.15) is 4.98 Å². The van der Waals surface area contributed by atoms with Gasteiger partial charge in [-0.1, -0.05) is 32.4 Å². The summed E-state index contributed by atoms with van der Waals surface area (Å²) in [5.41, 5.74) is -0.371. The molecule has 4 nitrogen and oxygen atoms in total. The van der Waals surface area contributed by atoms with E-state index >= 15 is 0 Å². The predicted octanol–water partition coefficient (Wildman–Crippen LogP) is 4.01. The Morgan fingerprint density at radius 1 is 1.30 bits per heavy atom. The van der Waals surface area contributed by atoms with Crippen LogP contribution in [0, 0.1) is 5.41 Å². The lowest BCUT2D eigenvalue weighted by Crippen LogP contribution is -2.22. The van der Waals surface area contributed by atoms with Crippen LogP contribution in [0.2, 0.25) is 5.02 Å². The maximum Gasteiger partial charge on any atom is 0.237 e. The van der Waals surface area contributed by atoms with Gasteiger partial charge in [0.1, 0.15) is 17.4 Å². The Kier molecular flexibility index (Phi) is 4.14. The molecular formula is C15H17ClN2O2. The monoisotopic (exact) mass is 292 g/mol. The number of imidazole rings is 1. The molecule has 0 unspecified atom stereocenters. The van der Waals surface area contributed by atoms with Gasteiger partial charge in [0.15, 0.2) is 0 Å². The zero-order valence-corrected chi connectivity index (χ0v) is 12.5. The highest BCUT2D eigenvalue weighted by molar-refractivity contribution is 6.30. The minimum absolute atomic E-state index is 0.130. The number of halogens is 1. The third-order valence-corrected chi connectivity index (χ3v) is 3.06. The van der Waals surface area contributed by atoms with Gasteiger partial charge >= 0.3 is 0 Å². The van der Waals surface area contributed by atoms with Crippen LogP contribution in [0.3, 0.4) is 0 Å². The van der Waals surface area contributed by atoms with Crippen LogP contribution in [0.4, 0.5) is 0 Å². The van der Waals surface area contributed by atoms with Crippen molar-refractivity contribution in [2.45, 2.75) is 27.2 Å².